The maximum absolute atomic E-state index is 5.83. The third-order valence-corrected chi connectivity index (χ3v) is 8.23. The fraction of sp³-hybridized carbons (Fsp3) is 0.676. The van der Waals surface area contributed by atoms with Crippen LogP contribution in [0.2, 0.25) is 0 Å². The van der Waals surface area contributed by atoms with Gasteiger partial charge in [-0.2, -0.15) is 0 Å². The van der Waals surface area contributed by atoms with E-state index in [1.807, 2.05) is 0 Å². The van der Waals surface area contributed by atoms with E-state index in [2.05, 4.69) is 140 Å². The molecule has 0 saturated heterocycles. The molecule has 0 aliphatic heterocycles. The molecule has 0 atom stereocenters. The molecule has 43 heavy (non-hydrogen) atoms. The molecule has 0 radical (unpaired) electrons. The van der Waals surface area contributed by atoms with Gasteiger partial charge in [-0.3, -0.25) is 0 Å². The summed E-state index contributed by atoms with van der Waals surface area (Å²) in [5.74, 6) is 0. The summed E-state index contributed by atoms with van der Waals surface area (Å²) >= 11 is 4.45. The van der Waals surface area contributed by atoms with Crippen LogP contribution >= 0.6 is 22.5 Å². The lowest BCUT2D eigenvalue weighted by Crippen LogP contribution is -2.15. The van der Waals surface area contributed by atoms with Gasteiger partial charge in [-0.05, 0) is 112 Å². The SMILES string of the molecule is CC(C)OCc1cc(C(C)(C)C)cc(COC(C)C)c1SS.Cc1c(COC(C)C)cc(C(C)(C)C)cc1COC(C)C. The minimum absolute atomic E-state index is 0.0962. The summed E-state index contributed by atoms with van der Waals surface area (Å²) in [5.41, 5.74) is 9.13. The van der Waals surface area contributed by atoms with E-state index >= 15 is 0 Å². The molecule has 4 nitrogen and oxygen atoms in total. The van der Waals surface area contributed by atoms with E-state index in [1.165, 1.54) is 49.7 Å². The van der Waals surface area contributed by atoms with Crippen molar-refractivity contribution in [2.75, 3.05) is 0 Å². The van der Waals surface area contributed by atoms with Crippen LogP contribution in [-0.2, 0) is 56.2 Å². The van der Waals surface area contributed by atoms with Gasteiger partial charge in [0.15, 0.2) is 0 Å². The molecule has 0 bridgehead atoms. The highest BCUT2D eigenvalue weighted by atomic mass is 33.1. The molecule has 0 aliphatic rings. The predicted molar refractivity (Wildman–Crippen MR) is 190 cm³/mol. The smallest absolute Gasteiger partial charge is 0.0731 e. The van der Waals surface area contributed by atoms with E-state index < -0.39 is 0 Å². The van der Waals surface area contributed by atoms with Gasteiger partial charge in [0.05, 0.1) is 50.8 Å². The average Bonchev–Trinajstić information content (AvgIpc) is 2.87. The highest BCUT2D eigenvalue weighted by Crippen LogP contribution is 2.36. The molecular formula is C37H62O4S2. The lowest BCUT2D eigenvalue weighted by Gasteiger charge is -2.24. The molecule has 0 fully saturated rings. The van der Waals surface area contributed by atoms with Crippen LogP contribution in [-0.4, -0.2) is 24.4 Å². The van der Waals surface area contributed by atoms with E-state index in [-0.39, 0.29) is 35.2 Å². The molecule has 2 aromatic rings. The lowest BCUT2D eigenvalue weighted by atomic mass is 9.83. The Balaban J connectivity index is 0.000000430. The molecule has 0 amide bonds. The van der Waals surface area contributed by atoms with Crippen molar-refractivity contribution in [1.29, 1.82) is 0 Å². The van der Waals surface area contributed by atoms with E-state index in [9.17, 15) is 0 Å². The number of benzene rings is 2. The zero-order valence-electron chi connectivity index (χ0n) is 29.9. The van der Waals surface area contributed by atoms with Crippen LogP contribution in [0.4, 0.5) is 0 Å². The Bertz CT molecular complexity index is 1040. The molecule has 246 valence electrons. The lowest BCUT2D eigenvalue weighted by molar-refractivity contribution is 0.0599. The normalized spacial score (nSPS) is 12.5. The van der Waals surface area contributed by atoms with Crippen LogP contribution in [0.1, 0.15) is 136 Å². The molecule has 2 aromatic carbocycles. The molecular weight excluding hydrogens is 573 g/mol. The van der Waals surface area contributed by atoms with Gasteiger partial charge in [-0.15, -0.1) is 11.7 Å². The Morgan fingerprint density at radius 2 is 0.791 bits per heavy atom. The molecule has 2 rings (SSSR count). The van der Waals surface area contributed by atoms with Crippen LogP contribution in [0.5, 0.6) is 0 Å². The van der Waals surface area contributed by atoms with Crippen LogP contribution < -0.4 is 0 Å². The number of hydrogen-bond acceptors (Lipinski definition) is 6. The Kier molecular flexibility index (Phi) is 16.9. The first-order valence-corrected chi connectivity index (χ1v) is 17.7. The van der Waals surface area contributed by atoms with Gasteiger partial charge in [-0.25, -0.2) is 0 Å². The third kappa shape index (κ3) is 14.7. The van der Waals surface area contributed by atoms with Gasteiger partial charge in [0.2, 0.25) is 0 Å². The van der Waals surface area contributed by atoms with Gasteiger partial charge < -0.3 is 18.9 Å². The van der Waals surface area contributed by atoms with Crippen molar-refractivity contribution in [3.05, 3.63) is 63.2 Å². The summed E-state index contributed by atoms with van der Waals surface area (Å²) in [6.45, 7) is 34.7. The second kappa shape index (κ2) is 18.2. The Morgan fingerprint density at radius 3 is 1.02 bits per heavy atom. The highest BCUT2D eigenvalue weighted by molar-refractivity contribution is 8.68. The minimum atomic E-state index is 0.0962. The van der Waals surface area contributed by atoms with Crippen molar-refractivity contribution in [1.82, 2.24) is 0 Å². The zero-order chi connectivity index (χ0) is 33.1. The summed E-state index contributed by atoms with van der Waals surface area (Å²) in [5, 5.41) is 0. The Hall–Kier alpha value is -1.02. The largest absolute Gasteiger partial charge is 0.374 e. The zero-order valence-corrected chi connectivity index (χ0v) is 31.6. The van der Waals surface area contributed by atoms with E-state index in [0.717, 1.165) is 4.90 Å². The van der Waals surface area contributed by atoms with Gasteiger partial charge in [0, 0.05) is 4.90 Å². The van der Waals surface area contributed by atoms with Crippen molar-refractivity contribution < 1.29 is 18.9 Å². The van der Waals surface area contributed by atoms with Crippen LogP contribution in [0.15, 0.2) is 29.2 Å². The second-order valence-electron chi connectivity index (χ2n) is 14.6. The van der Waals surface area contributed by atoms with Crippen LogP contribution in [0, 0.1) is 6.92 Å². The van der Waals surface area contributed by atoms with E-state index in [0.29, 0.717) is 26.4 Å². The Morgan fingerprint density at radius 1 is 0.535 bits per heavy atom. The molecule has 0 aromatic heterocycles. The third-order valence-electron chi connectivity index (χ3n) is 6.98. The molecule has 0 heterocycles. The molecule has 0 N–H and O–H groups in total. The van der Waals surface area contributed by atoms with Crippen molar-refractivity contribution >= 4 is 22.5 Å². The molecule has 0 saturated carbocycles. The van der Waals surface area contributed by atoms with Crippen molar-refractivity contribution in [2.24, 2.45) is 0 Å². The fourth-order valence-corrected chi connectivity index (χ4v) is 5.29. The number of hydrogen-bond donors (Lipinski definition) is 1. The standard InChI is InChI=1S/C19H32O2.C18H30O2S2/c1-13(2)20-11-16-9-18(19(6,7)8)10-17(15(16)5)12-21-14(3)4;1-12(2)19-10-14-8-16(18(5,6)7)9-15(17(14)22-21)11-20-13(3)4/h9-10,13-14H,11-12H2,1-8H3;8-9,12-13,21H,10-11H2,1-7H3. The number of rotatable bonds is 13. The topological polar surface area (TPSA) is 36.9 Å². The van der Waals surface area contributed by atoms with Crippen LogP contribution in [0.3, 0.4) is 0 Å². The molecule has 6 heteroatoms. The van der Waals surface area contributed by atoms with Crippen LogP contribution in [0.25, 0.3) is 0 Å². The van der Waals surface area contributed by atoms with Crippen molar-refractivity contribution in [3.63, 3.8) is 0 Å². The number of ether oxygens (including phenoxy) is 4. The summed E-state index contributed by atoms with van der Waals surface area (Å²) < 4.78 is 23.3. The van der Waals surface area contributed by atoms with E-state index in [1.54, 1.807) is 0 Å². The van der Waals surface area contributed by atoms with Gasteiger partial charge in [0.1, 0.15) is 0 Å². The summed E-state index contributed by atoms with van der Waals surface area (Å²) in [4.78, 5) is 1.16. The Labute approximate surface area is 274 Å². The first-order valence-electron chi connectivity index (χ1n) is 15.8. The molecule has 0 aliphatic carbocycles. The summed E-state index contributed by atoms with van der Waals surface area (Å²) in [7, 11) is 1.48. The first-order chi connectivity index (χ1) is 19.8. The van der Waals surface area contributed by atoms with Gasteiger partial charge in [0.25, 0.3) is 0 Å². The quantitative estimate of drug-likeness (QED) is 0.175. The van der Waals surface area contributed by atoms with Crippen molar-refractivity contribution in [2.45, 2.75) is 170 Å². The number of thiol groups is 1. The van der Waals surface area contributed by atoms with Gasteiger partial charge >= 0.3 is 0 Å². The maximum atomic E-state index is 5.83. The monoisotopic (exact) mass is 634 g/mol. The highest BCUT2D eigenvalue weighted by Gasteiger charge is 2.20. The summed E-state index contributed by atoms with van der Waals surface area (Å²) in [6, 6.07) is 9.08. The molecule has 0 spiro atoms. The van der Waals surface area contributed by atoms with Crippen molar-refractivity contribution in [3.8, 4) is 0 Å². The van der Waals surface area contributed by atoms with Gasteiger partial charge in [-0.1, -0.05) is 76.6 Å². The first kappa shape index (κ1) is 40.0. The maximum Gasteiger partial charge on any atom is 0.0731 e. The summed E-state index contributed by atoms with van der Waals surface area (Å²) in [6.07, 6.45) is 0.925. The predicted octanol–water partition coefficient (Wildman–Crippen LogP) is 10.9. The average molecular weight is 635 g/mol. The fourth-order valence-electron chi connectivity index (χ4n) is 4.12. The minimum Gasteiger partial charge on any atom is -0.374 e. The second-order valence-corrected chi connectivity index (χ2v) is 15.7. The molecule has 0 unspecified atom stereocenters. The van der Waals surface area contributed by atoms with E-state index in [4.69, 9.17) is 18.9 Å².